The molecule has 110 valence electrons. The molecule has 0 saturated carbocycles. The summed E-state index contributed by atoms with van der Waals surface area (Å²) < 4.78 is 0. The van der Waals surface area contributed by atoms with E-state index in [-0.39, 0.29) is 17.9 Å². The molecule has 2 rings (SSSR count). The van der Waals surface area contributed by atoms with Crippen molar-refractivity contribution in [2.45, 2.75) is 32.4 Å². The van der Waals surface area contributed by atoms with Crippen molar-refractivity contribution in [3.05, 3.63) is 22.4 Å². The predicted molar refractivity (Wildman–Crippen MR) is 77.6 cm³/mol. The number of carbonyl (C=O) groups excluding carboxylic acids is 1. The molecule has 1 aromatic rings. The highest BCUT2D eigenvalue weighted by Gasteiger charge is 2.30. The van der Waals surface area contributed by atoms with Gasteiger partial charge in [-0.15, -0.1) is 11.3 Å². The molecule has 2 N–H and O–H groups in total. The molecule has 0 aliphatic carbocycles. The normalized spacial score (nSPS) is 21.4. The van der Waals surface area contributed by atoms with Crippen LogP contribution in [-0.2, 0) is 16.1 Å². The van der Waals surface area contributed by atoms with Gasteiger partial charge in [-0.3, -0.25) is 14.5 Å². The van der Waals surface area contributed by atoms with Crippen LogP contribution in [0.3, 0.4) is 0 Å². The molecule has 5 nitrogen and oxygen atoms in total. The number of thiophene rings is 1. The predicted octanol–water partition coefficient (Wildman–Crippen LogP) is 1.55. The Balaban J connectivity index is 1.84. The van der Waals surface area contributed by atoms with Gasteiger partial charge in [0.05, 0.1) is 18.5 Å². The van der Waals surface area contributed by atoms with Crippen LogP contribution in [-0.4, -0.2) is 41.0 Å². The van der Waals surface area contributed by atoms with Crippen LogP contribution < -0.4 is 5.32 Å². The average Bonchev–Trinajstić information content (AvgIpc) is 2.97. The third-order valence-electron chi connectivity index (χ3n) is 3.75. The molecule has 2 atom stereocenters. The van der Waals surface area contributed by atoms with Crippen LogP contribution in [0.1, 0.15) is 24.6 Å². The number of carbonyl (C=O) groups is 2. The van der Waals surface area contributed by atoms with Gasteiger partial charge in [-0.2, -0.15) is 0 Å². The number of carboxylic acid groups (broad SMARTS) is 1. The third-order valence-corrected chi connectivity index (χ3v) is 4.62. The summed E-state index contributed by atoms with van der Waals surface area (Å²) in [6.45, 7) is 3.63. The topological polar surface area (TPSA) is 69.6 Å². The van der Waals surface area contributed by atoms with E-state index in [9.17, 15) is 9.59 Å². The Hall–Kier alpha value is -1.40. The summed E-state index contributed by atoms with van der Waals surface area (Å²) in [5, 5.41) is 14.0. The molecule has 2 unspecified atom stereocenters. The van der Waals surface area contributed by atoms with E-state index in [0.29, 0.717) is 19.5 Å². The summed E-state index contributed by atoms with van der Waals surface area (Å²) in [6.07, 6.45) is 1.54. The van der Waals surface area contributed by atoms with Gasteiger partial charge in [-0.25, -0.2) is 0 Å². The lowest BCUT2D eigenvalue weighted by Gasteiger charge is -2.34. The minimum atomic E-state index is -0.763. The van der Waals surface area contributed by atoms with E-state index in [1.54, 1.807) is 11.3 Å². The summed E-state index contributed by atoms with van der Waals surface area (Å²) in [5.41, 5.74) is 0. The number of carboxylic acids is 1. The third kappa shape index (κ3) is 3.80. The monoisotopic (exact) mass is 296 g/mol. The van der Waals surface area contributed by atoms with E-state index in [2.05, 4.69) is 5.32 Å². The molecule has 1 amide bonds. The van der Waals surface area contributed by atoms with Crippen molar-refractivity contribution in [2.24, 2.45) is 5.92 Å². The molecule has 1 saturated heterocycles. The zero-order chi connectivity index (χ0) is 14.5. The van der Waals surface area contributed by atoms with Crippen molar-refractivity contribution in [3.63, 3.8) is 0 Å². The lowest BCUT2D eigenvalue weighted by atomic mass is 9.97. The number of aliphatic carboxylic acids is 1. The average molecular weight is 296 g/mol. The van der Waals surface area contributed by atoms with Crippen LogP contribution in [0.4, 0.5) is 0 Å². The summed E-state index contributed by atoms with van der Waals surface area (Å²) in [5.74, 6) is -1.15. The SMILES string of the molecule is CC(C(=O)NCc1cccs1)N1CCCC(C(=O)O)C1. The number of rotatable bonds is 5. The molecule has 0 bridgehead atoms. The van der Waals surface area contributed by atoms with E-state index in [0.717, 1.165) is 17.8 Å². The standard InChI is InChI=1S/C14H20N2O3S/c1-10(13(17)15-8-12-5-3-7-20-12)16-6-2-4-11(9-16)14(18)19/h3,5,7,10-11H,2,4,6,8-9H2,1H3,(H,15,17)(H,18,19). The van der Waals surface area contributed by atoms with Gasteiger partial charge >= 0.3 is 5.97 Å². The largest absolute Gasteiger partial charge is 0.481 e. The maximum atomic E-state index is 12.1. The van der Waals surface area contributed by atoms with Crippen molar-refractivity contribution in [3.8, 4) is 0 Å². The molecule has 6 heteroatoms. The number of amides is 1. The fraction of sp³-hybridized carbons (Fsp3) is 0.571. The molecule has 1 aromatic heterocycles. The number of hydrogen-bond donors (Lipinski definition) is 2. The van der Waals surface area contributed by atoms with E-state index in [1.165, 1.54) is 0 Å². The van der Waals surface area contributed by atoms with E-state index >= 15 is 0 Å². The molecule has 1 aliphatic rings. The van der Waals surface area contributed by atoms with Gasteiger partial charge in [0.25, 0.3) is 0 Å². The van der Waals surface area contributed by atoms with Gasteiger partial charge in [0.1, 0.15) is 0 Å². The maximum Gasteiger partial charge on any atom is 0.307 e. The zero-order valence-electron chi connectivity index (χ0n) is 11.5. The van der Waals surface area contributed by atoms with Crippen LogP contribution in [0.25, 0.3) is 0 Å². The van der Waals surface area contributed by atoms with Crippen molar-refractivity contribution in [1.82, 2.24) is 10.2 Å². The van der Waals surface area contributed by atoms with Gasteiger partial charge in [0.15, 0.2) is 0 Å². The molecule has 0 spiro atoms. The van der Waals surface area contributed by atoms with E-state index in [1.807, 2.05) is 29.3 Å². The fourth-order valence-corrected chi connectivity index (χ4v) is 3.11. The second kappa shape index (κ2) is 6.85. The number of nitrogens with one attached hydrogen (secondary N) is 1. The molecule has 1 fully saturated rings. The minimum absolute atomic E-state index is 0.0376. The first-order valence-electron chi connectivity index (χ1n) is 6.85. The lowest BCUT2D eigenvalue weighted by molar-refractivity contribution is -0.145. The number of likely N-dealkylation sites (tertiary alicyclic amines) is 1. The van der Waals surface area contributed by atoms with Crippen LogP contribution in [0.2, 0.25) is 0 Å². The van der Waals surface area contributed by atoms with Gasteiger partial charge in [-0.1, -0.05) is 6.07 Å². The lowest BCUT2D eigenvalue weighted by Crippen LogP contribution is -2.50. The van der Waals surface area contributed by atoms with Crippen molar-refractivity contribution < 1.29 is 14.7 Å². The van der Waals surface area contributed by atoms with Gasteiger partial charge in [0.2, 0.25) is 5.91 Å². The Labute approximate surface area is 122 Å². The molecule has 0 aromatic carbocycles. The number of nitrogens with zero attached hydrogens (tertiary/aromatic N) is 1. The summed E-state index contributed by atoms with van der Waals surface area (Å²) in [7, 11) is 0. The van der Waals surface area contributed by atoms with Gasteiger partial charge in [0, 0.05) is 11.4 Å². The first-order valence-corrected chi connectivity index (χ1v) is 7.73. The van der Waals surface area contributed by atoms with Crippen molar-refractivity contribution >= 4 is 23.2 Å². The van der Waals surface area contributed by atoms with Crippen molar-refractivity contribution in [1.29, 1.82) is 0 Å². The van der Waals surface area contributed by atoms with Gasteiger partial charge < -0.3 is 10.4 Å². The summed E-state index contributed by atoms with van der Waals surface area (Å²) >= 11 is 1.61. The first kappa shape index (κ1) is 15.0. The Kier molecular flexibility index (Phi) is 5.14. The van der Waals surface area contributed by atoms with E-state index < -0.39 is 5.97 Å². The highest BCUT2D eigenvalue weighted by molar-refractivity contribution is 7.09. The van der Waals surface area contributed by atoms with Crippen molar-refractivity contribution in [2.75, 3.05) is 13.1 Å². The molecule has 1 aliphatic heterocycles. The minimum Gasteiger partial charge on any atom is -0.481 e. The summed E-state index contributed by atoms with van der Waals surface area (Å²) in [4.78, 5) is 26.2. The molecule has 2 heterocycles. The number of piperidine rings is 1. The quantitative estimate of drug-likeness (QED) is 0.865. The van der Waals surface area contributed by atoms with Crippen LogP contribution in [0.15, 0.2) is 17.5 Å². The van der Waals surface area contributed by atoms with Crippen LogP contribution in [0, 0.1) is 5.92 Å². The molecule has 20 heavy (non-hydrogen) atoms. The first-order chi connectivity index (χ1) is 9.58. The Morgan fingerprint density at radius 2 is 2.40 bits per heavy atom. The van der Waals surface area contributed by atoms with Gasteiger partial charge in [-0.05, 0) is 37.8 Å². The van der Waals surface area contributed by atoms with E-state index in [4.69, 9.17) is 5.11 Å². The number of hydrogen-bond acceptors (Lipinski definition) is 4. The summed E-state index contributed by atoms with van der Waals surface area (Å²) in [6, 6.07) is 3.66. The highest BCUT2D eigenvalue weighted by Crippen LogP contribution is 2.19. The smallest absolute Gasteiger partial charge is 0.307 e. The highest BCUT2D eigenvalue weighted by atomic mass is 32.1. The maximum absolute atomic E-state index is 12.1. The second-order valence-corrected chi connectivity index (χ2v) is 6.18. The Bertz CT molecular complexity index is 461. The fourth-order valence-electron chi connectivity index (χ4n) is 2.46. The van der Waals surface area contributed by atoms with Crippen LogP contribution >= 0.6 is 11.3 Å². The molecular weight excluding hydrogens is 276 g/mol. The van der Waals surface area contributed by atoms with Crippen LogP contribution in [0.5, 0.6) is 0 Å². The Morgan fingerprint density at radius 3 is 3.05 bits per heavy atom. The molecular formula is C14H20N2O3S. The zero-order valence-corrected chi connectivity index (χ0v) is 12.4. The second-order valence-electron chi connectivity index (χ2n) is 5.15. The molecule has 0 radical (unpaired) electrons. The Morgan fingerprint density at radius 1 is 1.60 bits per heavy atom.